The van der Waals surface area contributed by atoms with E-state index in [1.54, 1.807) is 27.7 Å². The molecule has 2 unspecified atom stereocenters. The fraction of sp³-hybridized carbons (Fsp3) is 1.00. The monoisotopic (exact) mass is 260 g/mol. The maximum absolute atomic E-state index is 10.6. The second-order valence-corrected chi connectivity index (χ2v) is 6.98. The van der Waals surface area contributed by atoms with E-state index in [0.29, 0.717) is 0 Å². The molecule has 0 aromatic carbocycles. The SMILES string of the molecule is CC1(C)C(O)[C@@]1(O)[C@H]1OC(O)[C@]2(O)C(C)(C)[C@]12O. The second-order valence-electron chi connectivity index (χ2n) is 6.98. The van der Waals surface area contributed by atoms with Crippen LogP contribution in [-0.4, -0.2) is 60.8 Å². The van der Waals surface area contributed by atoms with Crippen molar-refractivity contribution in [3.63, 3.8) is 0 Å². The topological polar surface area (TPSA) is 110 Å². The minimum Gasteiger partial charge on any atom is -0.389 e. The molecule has 0 bridgehead atoms. The van der Waals surface area contributed by atoms with Crippen LogP contribution in [0.4, 0.5) is 0 Å². The van der Waals surface area contributed by atoms with E-state index in [4.69, 9.17) is 4.74 Å². The van der Waals surface area contributed by atoms with E-state index in [9.17, 15) is 25.5 Å². The number of aliphatic hydroxyl groups excluding tert-OH is 2. The molecule has 0 radical (unpaired) electrons. The standard InChI is InChI=1S/C12H20O6/c1-8(2)5(13)10(8,15)6-11(16)9(3,4)12(11,17)7(14)18-6/h5-7,13-17H,1-4H3/t5?,6-,7?,10-,11-,12+/m1/s1. The Morgan fingerprint density at radius 1 is 0.889 bits per heavy atom. The molecule has 18 heavy (non-hydrogen) atoms. The summed E-state index contributed by atoms with van der Waals surface area (Å²) in [6.45, 7) is 6.47. The van der Waals surface area contributed by atoms with Crippen molar-refractivity contribution in [2.24, 2.45) is 10.8 Å². The molecule has 2 aliphatic carbocycles. The zero-order valence-corrected chi connectivity index (χ0v) is 10.9. The summed E-state index contributed by atoms with van der Waals surface area (Å²) in [6.07, 6.45) is -3.86. The van der Waals surface area contributed by atoms with Gasteiger partial charge < -0.3 is 30.3 Å². The third kappa shape index (κ3) is 0.794. The maximum atomic E-state index is 10.6. The zero-order valence-electron chi connectivity index (χ0n) is 10.9. The first kappa shape index (κ1) is 12.8. The average Bonchev–Trinajstić information content (AvgIpc) is 2.73. The highest BCUT2D eigenvalue weighted by molar-refractivity contribution is 5.44. The number of fused-ring (bicyclic) bond motifs is 1. The lowest BCUT2D eigenvalue weighted by atomic mass is 9.92. The summed E-state index contributed by atoms with van der Waals surface area (Å²) in [4.78, 5) is 0. The molecule has 0 aromatic heterocycles. The van der Waals surface area contributed by atoms with Crippen LogP contribution in [0.25, 0.3) is 0 Å². The van der Waals surface area contributed by atoms with Gasteiger partial charge in [0.15, 0.2) is 11.9 Å². The van der Waals surface area contributed by atoms with E-state index in [1.807, 2.05) is 0 Å². The Hall–Kier alpha value is -0.240. The molecule has 6 nitrogen and oxygen atoms in total. The normalized spacial score (nSPS) is 63.5. The van der Waals surface area contributed by atoms with Gasteiger partial charge in [-0.15, -0.1) is 0 Å². The van der Waals surface area contributed by atoms with Crippen molar-refractivity contribution in [2.45, 2.75) is 63.0 Å². The van der Waals surface area contributed by atoms with Gasteiger partial charge in [-0.25, -0.2) is 0 Å². The fourth-order valence-corrected chi connectivity index (χ4v) is 3.90. The van der Waals surface area contributed by atoms with Crippen molar-refractivity contribution in [3.05, 3.63) is 0 Å². The van der Waals surface area contributed by atoms with Gasteiger partial charge in [0.2, 0.25) is 0 Å². The van der Waals surface area contributed by atoms with Crippen molar-refractivity contribution < 1.29 is 30.3 Å². The van der Waals surface area contributed by atoms with Crippen LogP contribution < -0.4 is 0 Å². The van der Waals surface area contributed by atoms with Crippen LogP contribution in [0.5, 0.6) is 0 Å². The molecular formula is C12H20O6. The molecule has 104 valence electrons. The van der Waals surface area contributed by atoms with Gasteiger partial charge in [0, 0.05) is 10.8 Å². The second kappa shape index (κ2) is 2.63. The molecule has 2 saturated carbocycles. The van der Waals surface area contributed by atoms with Crippen molar-refractivity contribution >= 4 is 0 Å². The van der Waals surface area contributed by atoms with E-state index in [0.717, 1.165) is 0 Å². The quantitative estimate of drug-likeness (QED) is 0.386. The van der Waals surface area contributed by atoms with Gasteiger partial charge >= 0.3 is 0 Å². The number of rotatable bonds is 1. The smallest absolute Gasteiger partial charge is 0.188 e. The van der Waals surface area contributed by atoms with Gasteiger partial charge in [0.25, 0.3) is 0 Å². The van der Waals surface area contributed by atoms with E-state index >= 15 is 0 Å². The van der Waals surface area contributed by atoms with Gasteiger partial charge in [-0.3, -0.25) is 0 Å². The molecule has 0 aromatic rings. The third-order valence-corrected chi connectivity index (χ3v) is 5.88. The summed E-state index contributed by atoms with van der Waals surface area (Å²) >= 11 is 0. The van der Waals surface area contributed by atoms with E-state index in [1.165, 1.54) is 0 Å². The van der Waals surface area contributed by atoms with Gasteiger partial charge in [0.1, 0.15) is 17.3 Å². The lowest BCUT2D eigenvalue weighted by Crippen LogP contribution is -2.48. The molecule has 6 atom stereocenters. The van der Waals surface area contributed by atoms with Crippen LogP contribution in [0.3, 0.4) is 0 Å². The summed E-state index contributed by atoms with van der Waals surface area (Å²) in [5.41, 5.74) is -7.09. The lowest BCUT2D eigenvalue weighted by Gasteiger charge is -2.30. The fourth-order valence-electron chi connectivity index (χ4n) is 3.90. The predicted molar refractivity (Wildman–Crippen MR) is 59.3 cm³/mol. The molecule has 3 aliphatic rings. The van der Waals surface area contributed by atoms with Crippen LogP contribution in [-0.2, 0) is 4.74 Å². The van der Waals surface area contributed by atoms with Gasteiger partial charge in [-0.1, -0.05) is 27.7 Å². The van der Waals surface area contributed by atoms with E-state index in [2.05, 4.69) is 0 Å². The van der Waals surface area contributed by atoms with Crippen molar-refractivity contribution in [3.8, 4) is 0 Å². The number of hydrogen-bond donors (Lipinski definition) is 5. The zero-order chi connectivity index (χ0) is 13.9. The molecule has 1 aliphatic heterocycles. The highest BCUT2D eigenvalue weighted by Gasteiger charge is 2.97. The Labute approximate surface area is 105 Å². The largest absolute Gasteiger partial charge is 0.389 e. The Kier molecular flexibility index (Phi) is 1.87. The summed E-state index contributed by atoms with van der Waals surface area (Å²) in [5.74, 6) is 0. The van der Waals surface area contributed by atoms with Gasteiger partial charge in [-0.05, 0) is 0 Å². The highest BCUT2D eigenvalue weighted by Crippen LogP contribution is 2.77. The summed E-state index contributed by atoms with van der Waals surface area (Å²) in [6, 6.07) is 0. The first-order valence-electron chi connectivity index (χ1n) is 6.10. The Bertz CT molecular complexity index is 434. The summed E-state index contributed by atoms with van der Waals surface area (Å²) in [7, 11) is 0. The first-order valence-corrected chi connectivity index (χ1v) is 6.10. The van der Waals surface area contributed by atoms with Crippen molar-refractivity contribution in [1.29, 1.82) is 0 Å². The van der Waals surface area contributed by atoms with Crippen LogP contribution in [0, 0.1) is 10.8 Å². The van der Waals surface area contributed by atoms with Gasteiger partial charge in [0.05, 0.1) is 6.10 Å². The number of ether oxygens (including phenoxy) is 1. The Morgan fingerprint density at radius 3 is 1.61 bits per heavy atom. The van der Waals surface area contributed by atoms with Crippen molar-refractivity contribution in [1.82, 2.24) is 0 Å². The Balaban J connectivity index is 2.04. The highest BCUT2D eigenvalue weighted by atomic mass is 16.7. The summed E-state index contributed by atoms with van der Waals surface area (Å²) in [5, 5.41) is 51.1. The van der Waals surface area contributed by atoms with Crippen LogP contribution in [0.2, 0.25) is 0 Å². The van der Waals surface area contributed by atoms with E-state index in [-0.39, 0.29) is 0 Å². The number of aliphatic hydroxyl groups is 5. The molecule has 0 spiro atoms. The molecule has 1 saturated heterocycles. The number of hydrogen-bond acceptors (Lipinski definition) is 6. The molecule has 6 heteroatoms. The molecule has 5 N–H and O–H groups in total. The minimum atomic E-state index is -1.81. The average molecular weight is 260 g/mol. The van der Waals surface area contributed by atoms with Crippen LogP contribution in [0.15, 0.2) is 0 Å². The minimum absolute atomic E-state index is 0.850. The Morgan fingerprint density at radius 2 is 1.33 bits per heavy atom. The molecule has 0 amide bonds. The molecular weight excluding hydrogens is 240 g/mol. The van der Waals surface area contributed by atoms with Crippen molar-refractivity contribution in [2.75, 3.05) is 0 Å². The lowest BCUT2D eigenvalue weighted by molar-refractivity contribution is -0.210. The van der Waals surface area contributed by atoms with Crippen LogP contribution in [0.1, 0.15) is 27.7 Å². The first-order chi connectivity index (χ1) is 7.91. The predicted octanol–water partition coefficient (Wildman–Crippen LogP) is -1.66. The third-order valence-electron chi connectivity index (χ3n) is 5.88. The molecule has 3 rings (SSSR count). The molecule has 3 fully saturated rings. The maximum Gasteiger partial charge on any atom is 0.188 e. The van der Waals surface area contributed by atoms with Crippen LogP contribution >= 0.6 is 0 Å². The van der Waals surface area contributed by atoms with E-state index < -0.39 is 46.1 Å². The summed E-state index contributed by atoms with van der Waals surface area (Å²) < 4.78 is 5.14. The molecule has 1 heterocycles. The van der Waals surface area contributed by atoms with Gasteiger partial charge in [-0.2, -0.15) is 0 Å².